The first kappa shape index (κ1) is 23.5. The number of carbonyl (C=O) groups is 1. The Hall–Kier alpha value is -1.51. The Morgan fingerprint density at radius 2 is 1.85 bits per heavy atom. The number of ether oxygens (including phenoxy) is 1. The zero-order valence-electron chi connectivity index (χ0n) is 15.2. The van der Waals surface area contributed by atoms with Gasteiger partial charge in [-0.15, -0.1) is 12.4 Å². The first-order valence-corrected chi connectivity index (χ1v) is 8.78. The third-order valence-corrected chi connectivity index (χ3v) is 4.68. The molecule has 0 unspecified atom stereocenters. The number of carboxylic acids is 1. The van der Waals surface area contributed by atoms with Gasteiger partial charge in [-0.3, -0.25) is 14.6 Å². The monoisotopic (exact) mass is 410 g/mol. The fraction of sp³-hybridized carbons (Fsp3) is 0.611. The quantitative estimate of drug-likeness (QED) is 0.712. The van der Waals surface area contributed by atoms with Crippen molar-refractivity contribution in [1.29, 1.82) is 0 Å². The van der Waals surface area contributed by atoms with Crippen molar-refractivity contribution < 1.29 is 27.8 Å². The number of carboxylic acid groups (broad SMARTS) is 1. The summed E-state index contributed by atoms with van der Waals surface area (Å²) in [5, 5.41) is 8.95. The van der Waals surface area contributed by atoms with Crippen molar-refractivity contribution in [2.75, 3.05) is 39.3 Å². The van der Waals surface area contributed by atoms with Crippen LogP contribution in [0.15, 0.2) is 24.3 Å². The maximum absolute atomic E-state index is 12.5. The fourth-order valence-electron chi connectivity index (χ4n) is 3.21. The molecule has 1 heterocycles. The number of likely N-dealkylation sites (N-methyl/N-ethyl adjacent to an activating group) is 1. The standard InChI is InChI=1S/C18H25F3N2O3.ClH/c1-2-23(13-17(24)25)15-7-9-22(10-8-15)11-12-26-16-5-3-14(4-6-16)18(19,20)21;/h3-6,15H,2,7-13H2,1H3,(H,24,25);1H. The summed E-state index contributed by atoms with van der Waals surface area (Å²) in [5.74, 6) is -0.384. The van der Waals surface area contributed by atoms with Crippen LogP contribution in [0.25, 0.3) is 0 Å². The first-order chi connectivity index (χ1) is 12.3. The summed E-state index contributed by atoms with van der Waals surface area (Å²) in [6.45, 7) is 5.56. The highest BCUT2D eigenvalue weighted by molar-refractivity contribution is 5.85. The van der Waals surface area contributed by atoms with E-state index >= 15 is 0 Å². The molecule has 0 amide bonds. The summed E-state index contributed by atoms with van der Waals surface area (Å²) >= 11 is 0. The second-order valence-corrected chi connectivity index (χ2v) is 6.40. The van der Waals surface area contributed by atoms with Crippen molar-refractivity contribution in [3.05, 3.63) is 29.8 Å². The average molecular weight is 411 g/mol. The number of halogens is 4. The van der Waals surface area contributed by atoms with Crippen molar-refractivity contribution in [2.45, 2.75) is 32.0 Å². The molecule has 5 nitrogen and oxygen atoms in total. The Morgan fingerprint density at radius 3 is 2.33 bits per heavy atom. The van der Waals surface area contributed by atoms with Crippen LogP contribution in [0.2, 0.25) is 0 Å². The number of hydrogen-bond acceptors (Lipinski definition) is 4. The molecule has 0 spiro atoms. The van der Waals surface area contributed by atoms with E-state index in [0.717, 1.165) is 38.1 Å². The van der Waals surface area contributed by atoms with Gasteiger partial charge in [0.15, 0.2) is 0 Å². The van der Waals surface area contributed by atoms with E-state index in [1.54, 1.807) is 0 Å². The molecule has 1 aliphatic rings. The molecular formula is C18H26ClF3N2O3. The number of nitrogens with zero attached hydrogens (tertiary/aromatic N) is 2. The molecule has 0 atom stereocenters. The number of rotatable bonds is 8. The molecule has 1 N–H and O–H groups in total. The Kier molecular flexibility index (Phi) is 9.35. The Labute approximate surface area is 163 Å². The van der Waals surface area contributed by atoms with Crippen LogP contribution < -0.4 is 4.74 Å². The third-order valence-electron chi connectivity index (χ3n) is 4.68. The molecule has 0 aliphatic carbocycles. The summed E-state index contributed by atoms with van der Waals surface area (Å²) < 4.78 is 43.1. The van der Waals surface area contributed by atoms with Crippen molar-refractivity contribution in [2.24, 2.45) is 0 Å². The SMILES string of the molecule is CCN(CC(=O)O)C1CCN(CCOc2ccc(C(F)(F)F)cc2)CC1.Cl. The van der Waals surface area contributed by atoms with Crippen molar-refractivity contribution in [3.63, 3.8) is 0 Å². The molecule has 27 heavy (non-hydrogen) atoms. The van der Waals surface area contributed by atoms with Gasteiger partial charge in [0.1, 0.15) is 12.4 Å². The maximum Gasteiger partial charge on any atom is 0.416 e. The fourth-order valence-corrected chi connectivity index (χ4v) is 3.21. The molecule has 1 aromatic carbocycles. The van der Waals surface area contributed by atoms with Crippen molar-refractivity contribution in [3.8, 4) is 5.75 Å². The van der Waals surface area contributed by atoms with Gasteiger partial charge in [-0.2, -0.15) is 13.2 Å². The van der Waals surface area contributed by atoms with Crippen LogP contribution in [-0.4, -0.2) is 66.2 Å². The normalized spacial score (nSPS) is 16.2. The summed E-state index contributed by atoms with van der Waals surface area (Å²) in [6.07, 6.45) is -2.53. The zero-order chi connectivity index (χ0) is 19.2. The molecule has 0 saturated carbocycles. The smallest absolute Gasteiger partial charge is 0.416 e. The van der Waals surface area contributed by atoms with Crippen LogP contribution >= 0.6 is 12.4 Å². The van der Waals surface area contributed by atoms with Crippen LogP contribution in [0.1, 0.15) is 25.3 Å². The Balaban J connectivity index is 0.00000364. The number of aliphatic carboxylic acids is 1. The highest BCUT2D eigenvalue weighted by Gasteiger charge is 2.30. The second-order valence-electron chi connectivity index (χ2n) is 6.40. The van der Waals surface area contributed by atoms with Gasteiger partial charge in [0.2, 0.25) is 0 Å². The minimum Gasteiger partial charge on any atom is -0.492 e. The number of alkyl halides is 3. The van der Waals surface area contributed by atoms with E-state index in [4.69, 9.17) is 9.84 Å². The van der Waals surface area contributed by atoms with E-state index in [9.17, 15) is 18.0 Å². The Bertz CT molecular complexity index is 576. The lowest BCUT2D eigenvalue weighted by Gasteiger charge is -2.37. The summed E-state index contributed by atoms with van der Waals surface area (Å²) in [4.78, 5) is 15.1. The molecular weight excluding hydrogens is 385 g/mol. The van der Waals surface area contributed by atoms with Crippen molar-refractivity contribution in [1.82, 2.24) is 9.80 Å². The predicted molar refractivity (Wildman–Crippen MR) is 98.5 cm³/mol. The molecule has 1 saturated heterocycles. The molecule has 2 rings (SSSR count). The molecule has 9 heteroatoms. The number of benzene rings is 1. The van der Waals surface area contributed by atoms with E-state index in [1.807, 2.05) is 11.8 Å². The minimum absolute atomic E-state index is 0. The molecule has 0 radical (unpaired) electrons. The highest BCUT2D eigenvalue weighted by atomic mass is 35.5. The van der Waals surface area contributed by atoms with Gasteiger partial charge in [0.05, 0.1) is 12.1 Å². The zero-order valence-corrected chi connectivity index (χ0v) is 16.1. The van der Waals surface area contributed by atoms with E-state index in [-0.39, 0.29) is 25.0 Å². The maximum atomic E-state index is 12.5. The van der Waals surface area contributed by atoms with Gasteiger partial charge in [-0.25, -0.2) is 0 Å². The Morgan fingerprint density at radius 1 is 1.26 bits per heavy atom. The van der Waals surface area contributed by atoms with Gasteiger partial charge < -0.3 is 9.84 Å². The van der Waals surface area contributed by atoms with Gasteiger partial charge in [0, 0.05) is 12.6 Å². The molecule has 1 aliphatic heterocycles. The summed E-state index contributed by atoms with van der Waals surface area (Å²) in [5.41, 5.74) is -0.686. The topological polar surface area (TPSA) is 53.0 Å². The molecule has 154 valence electrons. The lowest BCUT2D eigenvalue weighted by atomic mass is 10.0. The van der Waals surface area contributed by atoms with Crippen LogP contribution in [0.3, 0.4) is 0 Å². The summed E-state index contributed by atoms with van der Waals surface area (Å²) in [7, 11) is 0. The minimum atomic E-state index is -4.34. The van der Waals surface area contributed by atoms with Crippen LogP contribution in [0.4, 0.5) is 13.2 Å². The first-order valence-electron chi connectivity index (χ1n) is 8.78. The highest BCUT2D eigenvalue weighted by Crippen LogP contribution is 2.30. The lowest BCUT2D eigenvalue weighted by Crippen LogP contribution is -2.47. The predicted octanol–water partition coefficient (Wildman–Crippen LogP) is 3.38. The number of piperidine rings is 1. The average Bonchev–Trinajstić information content (AvgIpc) is 2.60. The molecule has 1 aromatic rings. The second kappa shape index (κ2) is 10.7. The summed E-state index contributed by atoms with van der Waals surface area (Å²) in [6, 6.07) is 4.98. The van der Waals surface area contributed by atoms with Crippen LogP contribution in [0, 0.1) is 0 Å². The van der Waals surface area contributed by atoms with Gasteiger partial charge in [-0.05, 0) is 56.7 Å². The van der Waals surface area contributed by atoms with E-state index in [1.165, 1.54) is 12.1 Å². The van der Waals surface area contributed by atoms with Crippen molar-refractivity contribution >= 4 is 18.4 Å². The van der Waals surface area contributed by atoms with E-state index in [2.05, 4.69) is 4.90 Å². The van der Waals surface area contributed by atoms with Gasteiger partial charge in [0.25, 0.3) is 0 Å². The van der Waals surface area contributed by atoms with Gasteiger partial charge >= 0.3 is 12.1 Å². The van der Waals surface area contributed by atoms with Gasteiger partial charge in [-0.1, -0.05) is 6.92 Å². The third kappa shape index (κ3) is 7.56. The lowest BCUT2D eigenvalue weighted by molar-refractivity contribution is -0.139. The molecule has 1 fully saturated rings. The number of hydrogen-bond donors (Lipinski definition) is 1. The molecule has 0 aromatic heterocycles. The van der Waals surface area contributed by atoms with E-state index < -0.39 is 17.7 Å². The van der Waals surface area contributed by atoms with E-state index in [0.29, 0.717) is 25.4 Å². The van der Waals surface area contributed by atoms with Crippen LogP contribution in [-0.2, 0) is 11.0 Å². The number of likely N-dealkylation sites (tertiary alicyclic amines) is 1. The largest absolute Gasteiger partial charge is 0.492 e. The van der Waals surface area contributed by atoms with Crippen LogP contribution in [0.5, 0.6) is 5.75 Å². The molecule has 0 bridgehead atoms.